The lowest BCUT2D eigenvalue weighted by Crippen LogP contribution is -2.55. The second kappa shape index (κ2) is 6.17. The first kappa shape index (κ1) is 15.4. The molecule has 1 amide bonds. The van der Waals surface area contributed by atoms with Gasteiger partial charge in [-0.25, -0.2) is 4.98 Å². The van der Waals surface area contributed by atoms with Crippen LogP contribution in [0.4, 0.5) is 5.13 Å². The lowest BCUT2D eigenvalue weighted by molar-refractivity contribution is -0.151. The van der Waals surface area contributed by atoms with Gasteiger partial charge in [-0.1, -0.05) is 0 Å². The van der Waals surface area contributed by atoms with E-state index < -0.39 is 0 Å². The first-order valence-electron chi connectivity index (χ1n) is 6.61. The van der Waals surface area contributed by atoms with E-state index in [0.29, 0.717) is 18.2 Å². The number of ether oxygens (including phenoxy) is 1. The SMILES string of the molecule is Cc1csc(NC(=O)CN2CC(CO)OC(C)(C)C2)n1. The van der Waals surface area contributed by atoms with Gasteiger partial charge in [-0.15, -0.1) is 11.3 Å². The predicted molar refractivity (Wildman–Crippen MR) is 78.0 cm³/mol. The van der Waals surface area contributed by atoms with Gasteiger partial charge >= 0.3 is 0 Å². The van der Waals surface area contributed by atoms with Crippen molar-refractivity contribution in [3.8, 4) is 0 Å². The number of aliphatic hydroxyl groups excluding tert-OH is 1. The predicted octanol–water partition coefficient (Wildman–Crippen LogP) is 0.862. The van der Waals surface area contributed by atoms with Crippen molar-refractivity contribution in [2.75, 3.05) is 31.6 Å². The van der Waals surface area contributed by atoms with Gasteiger partial charge in [-0.05, 0) is 20.8 Å². The molecule has 20 heavy (non-hydrogen) atoms. The van der Waals surface area contributed by atoms with E-state index >= 15 is 0 Å². The summed E-state index contributed by atoms with van der Waals surface area (Å²) in [4.78, 5) is 18.2. The van der Waals surface area contributed by atoms with E-state index in [9.17, 15) is 9.90 Å². The van der Waals surface area contributed by atoms with Crippen molar-refractivity contribution in [2.24, 2.45) is 0 Å². The summed E-state index contributed by atoms with van der Waals surface area (Å²) in [6.45, 7) is 7.28. The van der Waals surface area contributed by atoms with Crippen LogP contribution < -0.4 is 5.32 Å². The average Bonchev–Trinajstić information content (AvgIpc) is 2.72. The quantitative estimate of drug-likeness (QED) is 0.862. The summed E-state index contributed by atoms with van der Waals surface area (Å²) in [5.74, 6) is -0.0891. The van der Waals surface area contributed by atoms with Crippen LogP contribution in [0.1, 0.15) is 19.5 Å². The Morgan fingerprint density at radius 3 is 3.05 bits per heavy atom. The molecule has 2 N–H and O–H groups in total. The summed E-state index contributed by atoms with van der Waals surface area (Å²) in [5, 5.41) is 14.6. The van der Waals surface area contributed by atoms with Crippen LogP contribution in [0.2, 0.25) is 0 Å². The molecule has 0 radical (unpaired) electrons. The third kappa shape index (κ3) is 4.24. The molecule has 0 bridgehead atoms. The van der Waals surface area contributed by atoms with Gasteiger partial charge in [-0.3, -0.25) is 9.69 Å². The van der Waals surface area contributed by atoms with Crippen molar-refractivity contribution in [1.29, 1.82) is 0 Å². The third-order valence-corrected chi connectivity index (χ3v) is 3.86. The molecule has 7 heteroatoms. The summed E-state index contributed by atoms with van der Waals surface area (Å²) in [7, 11) is 0. The molecule has 0 aliphatic carbocycles. The molecule has 1 atom stereocenters. The molecule has 1 aliphatic heterocycles. The molecule has 1 saturated heterocycles. The number of aliphatic hydroxyl groups is 1. The second-order valence-electron chi connectivity index (χ2n) is 5.69. The van der Waals surface area contributed by atoms with Crippen LogP contribution in [0.15, 0.2) is 5.38 Å². The van der Waals surface area contributed by atoms with Crippen LogP contribution in [-0.2, 0) is 9.53 Å². The first-order chi connectivity index (χ1) is 9.38. The summed E-state index contributed by atoms with van der Waals surface area (Å²) in [5.41, 5.74) is 0.544. The topological polar surface area (TPSA) is 74.7 Å². The number of nitrogens with zero attached hydrogens (tertiary/aromatic N) is 2. The Bertz CT molecular complexity index is 475. The molecule has 0 spiro atoms. The van der Waals surface area contributed by atoms with Crippen molar-refractivity contribution in [3.63, 3.8) is 0 Å². The van der Waals surface area contributed by atoms with Crippen molar-refractivity contribution in [1.82, 2.24) is 9.88 Å². The minimum absolute atomic E-state index is 0.0345. The van der Waals surface area contributed by atoms with Gasteiger partial charge < -0.3 is 15.2 Å². The van der Waals surface area contributed by atoms with Crippen LogP contribution in [-0.4, -0.2) is 58.8 Å². The Kier molecular flexibility index (Phi) is 4.74. The normalized spacial score (nSPS) is 22.7. The van der Waals surface area contributed by atoms with E-state index in [0.717, 1.165) is 5.69 Å². The molecule has 1 fully saturated rings. The maximum atomic E-state index is 12.0. The Labute approximate surface area is 122 Å². The van der Waals surface area contributed by atoms with Gasteiger partial charge in [0, 0.05) is 18.5 Å². The zero-order valence-corrected chi connectivity index (χ0v) is 12.9. The molecule has 0 aromatic carbocycles. The minimum atomic E-state index is -0.357. The Hall–Kier alpha value is -1.02. The summed E-state index contributed by atoms with van der Waals surface area (Å²) in [6, 6.07) is 0. The summed E-state index contributed by atoms with van der Waals surface area (Å²) >= 11 is 1.42. The smallest absolute Gasteiger partial charge is 0.240 e. The third-order valence-electron chi connectivity index (χ3n) is 2.99. The number of morpholine rings is 1. The molecule has 1 unspecified atom stereocenters. The number of aryl methyl sites for hydroxylation is 1. The molecule has 2 heterocycles. The lowest BCUT2D eigenvalue weighted by Gasteiger charge is -2.41. The number of hydrogen-bond donors (Lipinski definition) is 2. The number of amides is 1. The van der Waals surface area contributed by atoms with Crippen molar-refractivity contribution < 1.29 is 14.6 Å². The highest BCUT2D eigenvalue weighted by Gasteiger charge is 2.33. The zero-order valence-electron chi connectivity index (χ0n) is 12.0. The number of rotatable bonds is 4. The summed E-state index contributed by atoms with van der Waals surface area (Å²) < 4.78 is 5.72. The van der Waals surface area contributed by atoms with E-state index in [2.05, 4.69) is 10.3 Å². The molecule has 0 saturated carbocycles. The highest BCUT2D eigenvalue weighted by atomic mass is 32.1. The van der Waals surface area contributed by atoms with Crippen LogP contribution in [0.25, 0.3) is 0 Å². The van der Waals surface area contributed by atoms with Gasteiger partial charge in [0.25, 0.3) is 0 Å². The van der Waals surface area contributed by atoms with Crippen LogP contribution >= 0.6 is 11.3 Å². The number of nitrogens with one attached hydrogen (secondary N) is 1. The molecule has 2 rings (SSSR count). The molecule has 1 aliphatic rings. The fraction of sp³-hybridized carbons (Fsp3) is 0.692. The minimum Gasteiger partial charge on any atom is -0.394 e. The Morgan fingerprint density at radius 2 is 2.45 bits per heavy atom. The van der Waals surface area contributed by atoms with Gasteiger partial charge in [0.2, 0.25) is 5.91 Å². The first-order valence-corrected chi connectivity index (χ1v) is 7.49. The van der Waals surface area contributed by atoms with Gasteiger partial charge in [-0.2, -0.15) is 0 Å². The van der Waals surface area contributed by atoms with Crippen LogP contribution in [0.3, 0.4) is 0 Å². The maximum absolute atomic E-state index is 12.0. The molecular weight excluding hydrogens is 278 g/mol. The van der Waals surface area contributed by atoms with Crippen molar-refractivity contribution in [2.45, 2.75) is 32.5 Å². The number of aromatic nitrogens is 1. The molecule has 112 valence electrons. The average molecular weight is 299 g/mol. The maximum Gasteiger partial charge on any atom is 0.240 e. The number of carbonyl (C=O) groups excluding carboxylic acids is 1. The highest BCUT2D eigenvalue weighted by Crippen LogP contribution is 2.21. The second-order valence-corrected chi connectivity index (χ2v) is 6.55. The summed E-state index contributed by atoms with van der Waals surface area (Å²) in [6.07, 6.45) is -0.242. The molecule has 1 aromatic heterocycles. The molecular formula is C13H21N3O3S. The molecule has 6 nitrogen and oxygen atoms in total. The Morgan fingerprint density at radius 1 is 1.70 bits per heavy atom. The number of anilines is 1. The van der Waals surface area contributed by atoms with E-state index in [-0.39, 0.29) is 30.8 Å². The van der Waals surface area contributed by atoms with Crippen molar-refractivity contribution in [3.05, 3.63) is 11.1 Å². The number of thiazole rings is 1. The van der Waals surface area contributed by atoms with Gasteiger partial charge in [0.05, 0.1) is 30.6 Å². The highest BCUT2D eigenvalue weighted by molar-refractivity contribution is 7.13. The standard InChI is InChI=1S/C13H21N3O3S/c1-9-7-20-12(14-9)15-11(18)5-16-4-10(6-17)19-13(2,3)8-16/h7,10,17H,4-6,8H2,1-3H3,(H,14,15,18). The fourth-order valence-corrected chi connectivity index (χ4v) is 3.11. The monoisotopic (exact) mass is 299 g/mol. The lowest BCUT2D eigenvalue weighted by atomic mass is 10.1. The van der Waals surface area contributed by atoms with E-state index in [1.54, 1.807) is 0 Å². The number of hydrogen-bond acceptors (Lipinski definition) is 6. The van der Waals surface area contributed by atoms with Gasteiger partial charge in [0.15, 0.2) is 5.13 Å². The van der Waals surface area contributed by atoms with E-state index in [1.165, 1.54) is 11.3 Å². The van der Waals surface area contributed by atoms with Crippen molar-refractivity contribution >= 4 is 22.4 Å². The van der Waals surface area contributed by atoms with Crippen LogP contribution in [0.5, 0.6) is 0 Å². The largest absolute Gasteiger partial charge is 0.394 e. The number of carbonyl (C=O) groups is 1. The van der Waals surface area contributed by atoms with E-state index in [4.69, 9.17) is 4.74 Å². The van der Waals surface area contributed by atoms with E-state index in [1.807, 2.05) is 31.1 Å². The zero-order chi connectivity index (χ0) is 14.8. The Balaban J connectivity index is 1.90. The van der Waals surface area contributed by atoms with Gasteiger partial charge in [0.1, 0.15) is 0 Å². The van der Waals surface area contributed by atoms with Crippen LogP contribution in [0, 0.1) is 6.92 Å². The molecule has 1 aromatic rings. The fourth-order valence-electron chi connectivity index (χ4n) is 2.41.